The highest BCUT2D eigenvalue weighted by atomic mass is 19.1. The zero-order chi connectivity index (χ0) is 9.80. The quantitative estimate of drug-likeness (QED) is 0.582. The van der Waals surface area contributed by atoms with E-state index in [1.165, 1.54) is 17.5 Å². The molecule has 0 aliphatic carbocycles. The van der Waals surface area contributed by atoms with Gasteiger partial charge in [0.15, 0.2) is 0 Å². The number of hydrogen-bond donors (Lipinski definition) is 2. The Labute approximate surface area is 80.9 Å². The lowest BCUT2D eigenvalue weighted by Gasteiger charge is -2.32. The Morgan fingerprint density at radius 2 is 2.29 bits per heavy atom. The minimum atomic E-state index is -0.444. The van der Waals surface area contributed by atoms with E-state index in [2.05, 4.69) is 16.1 Å². The van der Waals surface area contributed by atoms with Crippen LogP contribution in [0.15, 0.2) is 17.1 Å². The first-order valence-corrected chi connectivity index (χ1v) is 4.40. The number of ether oxygens (including phenoxy) is 1. The average molecular weight is 201 g/mol. The molecule has 1 fully saturated rings. The number of hydrazine groups is 3. The Kier molecular flexibility index (Phi) is 2.92. The Bertz CT molecular complexity index is 250. The fourth-order valence-corrected chi connectivity index (χ4v) is 1.18. The Hall–Kier alpha value is -1.18. The van der Waals surface area contributed by atoms with Crippen LogP contribution >= 0.6 is 0 Å². The van der Waals surface area contributed by atoms with Gasteiger partial charge in [0, 0.05) is 19.2 Å². The summed E-state index contributed by atoms with van der Waals surface area (Å²) in [6.07, 6.45) is 2.62. The lowest BCUT2D eigenvalue weighted by Crippen LogP contribution is -2.56. The molecule has 0 saturated carbocycles. The highest BCUT2D eigenvalue weighted by Crippen LogP contribution is 1.98. The van der Waals surface area contributed by atoms with Crippen LogP contribution in [-0.2, 0) is 4.74 Å². The van der Waals surface area contributed by atoms with Gasteiger partial charge in [-0.2, -0.15) is 4.39 Å². The molecule has 1 saturated heterocycles. The summed E-state index contributed by atoms with van der Waals surface area (Å²) in [5, 5.41) is 6.98. The monoisotopic (exact) mass is 201 g/mol. The van der Waals surface area contributed by atoms with Crippen LogP contribution in [-0.4, -0.2) is 42.8 Å². The smallest absolute Gasteiger partial charge is 0.209 e. The van der Waals surface area contributed by atoms with E-state index in [1.54, 1.807) is 0 Å². The van der Waals surface area contributed by atoms with E-state index < -0.39 is 5.95 Å². The van der Waals surface area contributed by atoms with Crippen LogP contribution < -0.4 is 11.0 Å². The molecule has 2 aliphatic heterocycles. The number of hydrazone groups is 1. The average Bonchev–Trinajstić information content (AvgIpc) is 2.19. The van der Waals surface area contributed by atoms with E-state index in [4.69, 9.17) is 4.74 Å². The van der Waals surface area contributed by atoms with E-state index in [1.807, 2.05) is 5.01 Å². The van der Waals surface area contributed by atoms with Crippen molar-refractivity contribution in [2.24, 2.45) is 5.10 Å². The second-order valence-electron chi connectivity index (χ2n) is 2.90. The lowest BCUT2D eigenvalue weighted by molar-refractivity contribution is -0.0650. The first-order chi connectivity index (χ1) is 6.84. The van der Waals surface area contributed by atoms with E-state index in [-0.39, 0.29) is 0 Å². The summed E-state index contributed by atoms with van der Waals surface area (Å²) < 4.78 is 17.9. The molecule has 2 N–H and O–H groups in total. The predicted octanol–water partition coefficient (Wildman–Crippen LogP) is -0.645. The third kappa shape index (κ3) is 2.41. The molecule has 0 bridgehead atoms. The Morgan fingerprint density at radius 1 is 1.50 bits per heavy atom. The summed E-state index contributed by atoms with van der Waals surface area (Å²) in [7, 11) is 0. The van der Waals surface area contributed by atoms with Crippen LogP contribution in [0.4, 0.5) is 4.39 Å². The molecule has 7 heteroatoms. The topological polar surface area (TPSA) is 52.1 Å². The van der Waals surface area contributed by atoms with Gasteiger partial charge in [-0.1, -0.05) is 0 Å². The molecule has 0 atom stereocenters. The van der Waals surface area contributed by atoms with Gasteiger partial charge in [0.2, 0.25) is 5.95 Å². The minimum absolute atomic E-state index is 0.444. The van der Waals surface area contributed by atoms with E-state index in [0.717, 1.165) is 13.1 Å². The molecule has 2 rings (SSSR count). The molecule has 0 aromatic rings. The molecular formula is C7H12FN5O. The molecule has 0 spiro atoms. The molecule has 6 nitrogen and oxygen atoms in total. The van der Waals surface area contributed by atoms with Crippen molar-refractivity contribution in [3.05, 3.63) is 12.0 Å². The molecule has 2 aliphatic rings. The molecule has 0 amide bonds. The normalized spacial score (nSPS) is 23.2. The van der Waals surface area contributed by atoms with Crippen molar-refractivity contribution in [1.29, 1.82) is 0 Å². The van der Waals surface area contributed by atoms with Crippen molar-refractivity contribution in [3.8, 4) is 0 Å². The van der Waals surface area contributed by atoms with E-state index in [0.29, 0.717) is 13.2 Å². The number of allylic oxidation sites excluding steroid dienone is 1. The maximum atomic E-state index is 12.7. The predicted molar refractivity (Wildman–Crippen MR) is 48.2 cm³/mol. The highest BCUT2D eigenvalue weighted by Gasteiger charge is 2.14. The van der Waals surface area contributed by atoms with Crippen LogP contribution in [0.5, 0.6) is 0 Å². The van der Waals surface area contributed by atoms with E-state index in [9.17, 15) is 4.39 Å². The molecule has 0 aromatic heterocycles. The zero-order valence-electron chi connectivity index (χ0n) is 7.61. The van der Waals surface area contributed by atoms with Crippen molar-refractivity contribution in [3.63, 3.8) is 0 Å². The summed E-state index contributed by atoms with van der Waals surface area (Å²) in [4.78, 5) is 0. The van der Waals surface area contributed by atoms with Crippen molar-refractivity contribution >= 4 is 6.21 Å². The van der Waals surface area contributed by atoms with Crippen molar-refractivity contribution < 1.29 is 9.13 Å². The van der Waals surface area contributed by atoms with Gasteiger partial charge in [-0.3, -0.25) is 0 Å². The number of morpholine rings is 1. The zero-order valence-corrected chi connectivity index (χ0v) is 7.61. The molecule has 78 valence electrons. The van der Waals surface area contributed by atoms with Crippen LogP contribution in [0.2, 0.25) is 0 Å². The molecule has 14 heavy (non-hydrogen) atoms. The fourth-order valence-electron chi connectivity index (χ4n) is 1.18. The largest absolute Gasteiger partial charge is 0.379 e. The van der Waals surface area contributed by atoms with Crippen LogP contribution in [0.3, 0.4) is 0 Å². The number of hydrogen-bond acceptors (Lipinski definition) is 6. The van der Waals surface area contributed by atoms with Gasteiger partial charge in [0.1, 0.15) is 0 Å². The SMILES string of the molecule is FC1=CC=NN(NN2CCOCC2)N1. The lowest BCUT2D eigenvalue weighted by atomic mass is 10.5. The summed E-state index contributed by atoms with van der Waals surface area (Å²) in [5.74, 6) is -0.444. The Morgan fingerprint density at radius 3 is 3.00 bits per heavy atom. The Balaban J connectivity index is 1.80. The van der Waals surface area contributed by atoms with Crippen LogP contribution in [0, 0.1) is 0 Å². The summed E-state index contributed by atoms with van der Waals surface area (Å²) in [5.41, 5.74) is 5.28. The molecule has 0 aromatic carbocycles. The van der Waals surface area contributed by atoms with Crippen molar-refractivity contribution in [2.75, 3.05) is 26.3 Å². The first kappa shape index (κ1) is 9.38. The second kappa shape index (κ2) is 4.36. The van der Waals surface area contributed by atoms with Gasteiger partial charge in [-0.25, -0.2) is 10.4 Å². The third-order valence-corrected chi connectivity index (χ3v) is 1.86. The molecule has 2 heterocycles. The van der Waals surface area contributed by atoms with Gasteiger partial charge >= 0.3 is 0 Å². The van der Waals surface area contributed by atoms with Gasteiger partial charge in [0.25, 0.3) is 0 Å². The third-order valence-electron chi connectivity index (χ3n) is 1.86. The van der Waals surface area contributed by atoms with Gasteiger partial charge < -0.3 is 4.74 Å². The first-order valence-electron chi connectivity index (χ1n) is 4.40. The maximum Gasteiger partial charge on any atom is 0.209 e. The van der Waals surface area contributed by atoms with Crippen LogP contribution in [0.1, 0.15) is 0 Å². The molecular weight excluding hydrogens is 189 g/mol. The number of rotatable bonds is 2. The van der Waals surface area contributed by atoms with Crippen molar-refractivity contribution in [2.45, 2.75) is 0 Å². The van der Waals surface area contributed by atoms with E-state index >= 15 is 0 Å². The second-order valence-corrected chi connectivity index (χ2v) is 2.90. The highest BCUT2D eigenvalue weighted by molar-refractivity contribution is 5.71. The number of halogens is 1. The molecule has 0 radical (unpaired) electrons. The standard InChI is InChI=1S/C7H12FN5O/c8-7-1-2-9-13(10-7)11-12-3-5-14-6-4-12/h1-2,10-11H,3-6H2. The minimum Gasteiger partial charge on any atom is -0.379 e. The fraction of sp³-hybridized carbons (Fsp3) is 0.571. The van der Waals surface area contributed by atoms with Gasteiger partial charge in [0.05, 0.1) is 19.4 Å². The van der Waals surface area contributed by atoms with Gasteiger partial charge in [-0.15, -0.1) is 15.9 Å². The summed E-state index contributed by atoms with van der Waals surface area (Å²) in [6.45, 7) is 2.84. The maximum absolute atomic E-state index is 12.7. The summed E-state index contributed by atoms with van der Waals surface area (Å²) >= 11 is 0. The summed E-state index contributed by atoms with van der Waals surface area (Å²) in [6, 6.07) is 0. The molecule has 0 unspecified atom stereocenters. The van der Waals surface area contributed by atoms with Gasteiger partial charge in [-0.05, 0) is 0 Å². The number of nitrogens with one attached hydrogen (secondary N) is 2. The van der Waals surface area contributed by atoms with Crippen molar-refractivity contribution in [1.82, 2.24) is 21.2 Å². The number of nitrogens with zero attached hydrogens (tertiary/aromatic N) is 3. The van der Waals surface area contributed by atoms with Crippen LogP contribution in [0.25, 0.3) is 0 Å².